The number of carbonyl (C=O) groups excluding carboxylic acids is 3. The van der Waals surface area contributed by atoms with E-state index in [1.807, 2.05) is 6.07 Å². The molecule has 4 aliphatic rings. The number of benzene rings is 1. The number of amides is 3. The summed E-state index contributed by atoms with van der Waals surface area (Å²) in [5.41, 5.74) is 3.26. The minimum Gasteiger partial charge on any atom is -0.322 e. The van der Waals surface area contributed by atoms with E-state index in [4.69, 9.17) is 0 Å². The molecule has 1 spiro atoms. The molecule has 1 atom stereocenters. The summed E-state index contributed by atoms with van der Waals surface area (Å²) >= 11 is 0. The number of nitrogens with zero attached hydrogens (tertiary/aromatic N) is 2. The summed E-state index contributed by atoms with van der Waals surface area (Å²) in [4.78, 5) is 40.8. The van der Waals surface area contributed by atoms with Gasteiger partial charge in [0.15, 0.2) is 0 Å². The fraction of sp³-hybridized carbons (Fsp3) is 0.591. The molecule has 1 aromatic carbocycles. The van der Waals surface area contributed by atoms with E-state index in [2.05, 4.69) is 27.7 Å². The fourth-order valence-electron chi connectivity index (χ4n) is 5.40. The van der Waals surface area contributed by atoms with Crippen LogP contribution in [0.1, 0.15) is 60.0 Å². The van der Waals surface area contributed by atoms with Crippen LogP contribution in [0.2, 0.25) is 0 Å². The SMILES string of the molecule is O=C1CCC(N2Cc3cc(CN4CCNCCC45CCC5)ccc3C2=O)C(=O)N1. The summed E-state index contributed by atoms with van der Waals surface area (Å²) in [5, 5.41) is 5.89. The third-order valence-electron chi connectivity index (χ3n) is 7.24. The van der Waals surface area contributed by atoms with Crippen LogP contribution in [-0.4, -0.2) is 58.7 Å². The van der Waals surface area contributed by atoms with Gasteiger partial charge in [-0.05, 0) is 55.8 Å². The van der Waals surface area contributed by atoms with Crippen molar-refractivity contribution in [1.82, 2.24) is 20.4 Å². The molecule has 154 valence electrons. The normalized spacial score (nSPS) is 26.8. The molecule has 29 heavy (non-hydrogen) atoms. The number of fused-ring (bicyclic) bond motifs is 1. The Morgan fingerprint density at radius 1 is 1.10 bits per heavy atom. The zero-order valence-electron chi connectivity index (χ0n) is 16.7. The van der Waals surface area contributed by atoms with Crippen molar-refractivity contribution in [3.05, 3.63) is 34.9 Å². The fourth-order valence-corrected chi connectivity index (χ4v) is 5.40. The zero-order valence-corrected chi connectivity index (χ0v) is 16.7. The Labute approximate surface area is 170 Å². The highest BCUT2D eigenvalue weighted by atomic mass is 16.2. The topological polar surface area (TPSA) is 81.8 Å². The van der Waals surface area contributed by atoms with Crippen LogP contribution in [0.3, 0.4) is 0 Å². The molecule has 0 bridgehead atoms. The van der Waals surface area contributed by atoms with Gasteiger partial charge in [-0.2, -0.15) is 0 Å². The van der Waals surface area contributed by atoms with Gasteiger partial charge in [0.05, 0.1) is 0 Å². The highest BCUT2D eigenvalue weighted by Crippen LogP contribution is 2.42. The third kappa shape index (κ3) is 3.26. The van der Waals surface area contributed by atoms with Gasteiger partial charge in [0.2, 0.25) is 11.8 Å². The summed E-state index contributed by atoms with van der Waals surface area (Å²) in [6.45, 7) is 4.52. The lowest BCUT2D eigenvalue weighted by Gasteiger charge is -2.49. The van der Waals surface area contributed by atoms with E-state index in [0.29, 0.717) is 24.1 Å². The van der Waals surface area contributed by atoms with Crippen LogP contribution in [0.4, 0.5) is 0 Å². The van der Waals surface area contributed by atoms with Crippen LogP contribution < -0.4 is 10.6 Å². The van der Waals surface area contributed by atoms with Crippen molar-refractivity contribution in [3.8, 4) is 0 Å². The van der Waals surface area contributed by atoms with Gasteiger partial charge in [0.1, 0.15) is 6.04 Å². The van der Waals surface area contributed by atoms with Crippen LogP contribution in [0.5, 0.6) is 0 Å². The quantitative estimate of drug-likeness (QED) is 0.750. The second kappa shape index (κ2) is 7.22. The smallest absolute Gasteiger partial charge is 0.255 e. The molecule has 1 unspecified atom stereocenters. The van der Waals surface area contributed by atoms with E-state index >= 15 is 0 Å². The molecular weight excluding hydrogens is 368 g/mol. The lowest BCUT2D eigenvalue weighted by atomic mass is 9.73. The standard InChI is InChI=1S/C22H28N4O3/c27-19-5-4-18(20(28)24-19)26-14-16-12-15(2-3-17(16)21(26)29)13-25-11-10-23-9-8-22(25)6-1-7-22/h2-3,12,18,23H,1,4-11,13-14H2,(H,24,27,28). The number of imide groups is 1. The average Bonchev–Trinajstić information content (AvgIpc) is 2.85. The maximum atomic E-state index is 12.9. The lowest BCUT2D eigenvalue weighted by Crippen LogP contribution is -2.53. The Kier molecular flexibility index (Phi) is 4.67. The molecule has 7 heteroatoms. The first kappa shape index (κ1) is 18.8. The molecule has 1 aliphatic carbocycles. The summed E-state index contributed by atoms with van der Waals surface area (Å²) in [5.74, 6) is -0.711. The largest absolute Gasteiger partial charge is 0.322 e. The third-order valence-corrected chi connectivity index (χ3v) is 7.24. The van der Waals surface area contributed by atoms with Crippen molar-refractivity contribution < 1.29 is 14.4 Å². The lowest BCUT2D eigenvalue weighted by molar-refractivity contribution is -0.136. The molecule has 0 aromatic heterocycles. The van der Waals surface area contributed by atoms with Gasteiger partial charge in [-0.25, -0.2) is 0 Å². The summed E-state index contributed by atoms with van der Waals surface area (Å²) in [6, 6.07) is 5.58. The van der Waals surface area contributed by atoms with Crippen molar-refractivity contribution in [2.24, 2.45) is 0 Å². The highest BCUT2D eigenvalue weighted by molar-refractivity contribution is 6.05. The summed E-state index contributed by atoms with van der Waals surface area (Å²) in [6.07, 6.45) is 5.77. The molecule has 5 rings (SSSR count). The molecule has 3 aliphatic heterocycles. The maximum absolute atomic E-state index is 12.9. The van der Waals surface area contributed by atoms with Gasteiger partial charge < -0.3 is 10.2 Å². The number of piperidine rings is 1. The predicted octanol–water partition coefficient (Wildman–Crippen LogP) is 1.17. The predicted molar refractivity (Wildman–Crippen MR) is 107 cm³/mol. The van der Waals surface area contributed by atoms with Gasteiger partial charge in [-0.3, -0.25) is 24.6 Å². The Morgan fingerprint density at radius 3 is 2.72 bits per heavy atom. The molecule has 2 N–H and O–H groups in total. The van der Waals surface area contributed by atoms with Crippen molar-refractivity contribution >= 4 is 17.7 Å². The highest BCUT2D eigenvalue weighted by Gasteiger charge is 2.43. The monoisotopic (exact) mass is 396 g/mol. The molecule has 0 radical (unpaired) electrons. The van der Waals surface area contributed by atoms with Gasteiger partial charge in [-0.15, -0.1) is 0 Å². The van der Waals surface area contributed by atoms with E-state index in [0.717, 1.165) is 31.7 Å². The number of nitrogens with one attached hydrogen (secondary N) is 2. The van der Waals surface area contributed by atoms with Crippen molar-refractivity contribution in [1.29, 1.82) is 0 Å². The van der Waals surface area contributed by atoms with Crippen molar-refractivity contribution in [2.45, 2.75) is 63.2 Å². The van der Waals surface area contributed by atoms with Crippen molar-refractivity contribution in [2.75, 3.05) is 19.6 Å². The molecule has 1 saturated carbocycles. The molecule has 3 amide bonds. The Morgan fingerprint density at radius 2 is 1.97 bits per heavy atom. The van der Waals surface area contributed by atoms with Crippen LogP contribution in [0.15, 0.2) is 18.2 Å². The Bertz CT molecular complexity index is 864. The van der Waals surface area contributed by atoms with Crippen LogP contribution in [0.25, 0.3) is 0 Å². The Hall–Kier alpha value is -2.25. The Balaban J connectivity index is 1.33. The van der Waals surface area contributed by atoms with E-state index < -0.39 is 6.04 Å². The van der Waals surface area contributed by atoms with E-state index in [1.165, 1.54) is 31.2 Å². The first-order chi connectivity index (χ1) is 14.1. The van der Waals surface area contributed by atoms with Crippen LogP contribution in [-0.2, 0) is 22.7 Å². The first-order valence-corrected chi connectivity index (χ1v) is 10.8. The van der Waals surface area contributed by atoms with E-state index in [-0.39, 0.29) is 24.1 Å². The maximum Gasteiger partial charge on any atom is 0.255 e. The van der Waals surface area contributed by atoms with Gasteiger partial charge >= 0.3 is 0 Å². The zero-order chi connectivity index (χ0) is 20.0. The van der Waals surface area contributed by atoms with Gasteiger partial charge in [-0.1, -0.05) is 12.1 Å². The second-order valence-electron chi connectivity index (χ2n) is 8.89. The molecule has 1 aromatic rings. The average molecular weight is 396 g/mol. The van der Waals surface area contributed by atoms with Gasteiger partial charge in [0, 0.05) is 43.7 Å². The number of hydrogen-bond acceptors (Lipinski definition) is 5. The van der Waals surface area contributed by atoms with Crippen LogP contribution >= 0.6 is 0 Å². The van der Waals surface area contributed by atoms with E-state index in [1.54, 1.807) is 4.90 Å². The molecule has 3 heterocycles. The van der Waals surface area contributed by atoms with Gasteiger partial charge in [0.25, 0.3) is 5.91 Å². The number of hydrogen-bond donors (Lipinski definition) is 2. The molecule has 7 nitrogen and oxygen atoms in total. The first-order valence-electron chi connectivity index (χ1n) is 10.8. The van der Waals surface area contributed by atoms with Crippen LogP contribution in [0, 0.1) is 0 Å². The minimum absolute atomic E-state index is 0.101. The van der Waals surface area contributed by atoms with E-state index in [9.17, 15) is 14.4 Å². The summed E-state index contributed by atoms with van der Waals surface area (Å²) < 4.78 is 0. The van der Waals surface area contributed by atoms with Crippen molar-refractivity contribution in [3.63, 3.8) is 0 Å². The second-order valence-corrected chi connectivity index (χ2v) is 8.89. The number of rotatable bonds is 3. The summed E-state index contributed by atoms with van der Waals surface area (Å²) in [7, 11) is 0. The molecular formula is C22H28N4O3. The number of carbonyl (C=O) groups is 3. The minimum atomic E-state index is -0.550. The molecule has 2 saturated heterocycles. The molecule has 3 fully saturated rings.